The van der Waals surface area contributed by atoms with E-state index in [2.05, 4.69) is 5.32 Å². The number of carbonyl (C=O) groups is 2. The summed E-state index contributed by atoms with van der Waals surface area (Å²) < 4.78 is 18.7. The van der Waals surface area contributed by atoms with Crippen LogP contribution in [0.4, 0.5) is 4.39 Å². The maximum absolute atomic E-state index is 13.4. The van der Waals surface area contributed by atoms with E-state index < -0.39 is 6.04 Å². The average molecular weight is 423 g/mol. The van der Waals surface area contributed by atoms with Crippen LogP contribution in [0.15, 0.2) is 77.4 Å². The number of hydrogen-bond donors (Lipinski definition) is 1. The zero-order valence-corrected chi connectivity index (χ0v) is 17.8. The number of rotatable bonds is 9. The van der Waals surface area contributed by atoms with Crippen LogP contribution >= 0.6 is 0 Å². The molecule has 2 amide bonds. The van der Waals surface area contributed by atoms with Gasteiger partial charge in [0, 0.05) is 18.9 Å². The molecular formula is C25H27FN2O3. The van der Waals surface area contributed by atoms with Crippen LogP contribution in [0.3, 0.4) is 0 Å². The lowest BCUT2D eigenvalue weighted by Crippen LogP contribution is -2.51. The van der Waals surface area contributed by atoms with Crippen molar-refractivity contribution in [2.45, 2.75) is 39.4 Å². The third-order valence-corrected chi connectivity index (χ3v) is 5.01. The molecule has 3 rings (SSSR count). The average Bonchev–Trinajstić information content (AvgIpc) is 3.29. The van der Waals surface area contributed by atoms with Crippen molar-refractivity contribution in [1.82, 2.24) is 10.2 Å². The maximum atomic E-state index is 13.4. The molecule has 3 aromatic rings. The normalized spacial score (nSPS) is 11.9. The zero-order chi connectivity index (χ0) is 22.2. The first kappa shape index (κ1) is 22.3. The lowest BCUT2D eigenvalue weighted by Gasteiger charge is -2.32. The van der Waals surface area contributed by atoms with Gasteiger partial charge in [0.05, 0.1) is 12.8 Å². The number of benzene rings is 2. The van der Waals surface area contributed by atoms with Gasteiger partial charge in [-0.2, -0.15) is 0 Å². The van der Waals surface area contributed by atoms with Gasteiger partial charge in [0.1, 0.15) is 17.6 Å². The third kappa shape index (κ3) is 6.28. The minimum absolute atomic E-state index is 0.140. The van der Waals surface area contributed by atoms with E-state index in [0.717, 1.165) is 11.1 Å². The SMILES string of the molecule is CC(C)C(=O)N(Cc1ccc(F)cc1)[C@@H](Cc1ccccc1)C(=O)NCc1ccco1. The highest BCUT2D eigenvalue weighted by atomic mass is 19.1. The van der Waals surface area contributed by atoms with Crippen LogP contribution in [0.1, 0.15) is 30.7 Å². The summed E-state index contributed by atoms with van der Waals surface area (Å²) in [4.78, 5) is 28.0. The van der Waals surface area contributed by atoms with Gasteiger partial charge in [-0.1, -0.05) is 56.3 Å². The first-order valence-electron chi connectivity index (χ1n) is 10.3. The number of amides is 2. The van der Waals surface area contributed by atoms with Crippen molar-refractivity contribution >= 4 is 11.8 Å². The molecule has 1 N–H and O–H groups in total. The van der Waals surface area contributed by atoms with Gasteiger partial charge in [0.2, 0.25) is 11.8 Å². The second-order valence-corrected chi connectivity index (χ2v) is 7.75. The Hall–Kier alpha value is -3.41. The highest BCUT2D eigenvalue weighted by molar-refractivity contribution is 5.88. The molecule has 0 unspecified atom stereocenters. The highest BCUT2D eigenvalue weighted by Crippen LogP contribution is 2.18. The standard InChI is InChI=1S/C25H27FN2O3/c1-18(2)25(30)28(17-20-10-12-21(26)13-11-20)23(15-19-7-4-3-5-8-19)24(29)27-16-22-9-6-14-31-22/h3-14,18,23H,15-17H2,1-2H3,(H,27,29)/t23-/m0/s1. The Labute approximate surface area is 181 Å². The van der Waals surface area contributed by atoms with Crippen molar-refractivity contribution in [1.29, 1.82) is 0 Å². The number of nitrogens with one attached hydrogen (secondary N) is 1. The van der Waals surface area contributed by atoms with Crippen molar-refractivity contribution < 1.29 is 18.4 Å². The number of furan rings is 1. The van der Waals surface area contributed by atoms with Crippen LogP contribution < -0.4 is 5.32 Å². The van der Waals surface area contributed by atoms with Crippen LogP contribution in [0.25, 0.3) is 0 Å². The van der Waals surface area contributed by atoms with Crippen molar-refractivity contribution in [2.75, 3.05) is 0 Å². The molecule has 0 radical (unpaired) electrons. The molecule has 5 nitrogen and oxygen atoms in total. The Morgan fingerprint density at radius 1 is 0.968 bits per heavy atom. The summed E-state index contributed by atoms with van der Waals surface area (Å²) in [5.41, 5.74) is 1.70. The van der Waals surface area contributed by atoms with E-state index in [-0.39, 0.29) is 36.6 Å². The van der Waals surface area contributed by atoms with E-state index in [0.29, 0.717) is 12.2 Å². The lowest BCUT2D eigenvalue weighted by molar-refractivity contribution is -0.143. The fraction of sp³-hybridized carbons (Fsp3) is 0.280. The fourth-order valence-corrected chi connectivity index (χ4v) is 3.35. The number of halogens is 1. The van der Waals surface area contributed by atoms with E-state index in [4.69, 9.17) is 4.42 Å². The predicted molar refractivity (Wildman–Crippen MR) is 116 cm³/mol. The fourth-order valence-electron chi connectivity index (χ4n) is 3.35. The third-order valence-electron chi connectivity index (χ3n) is 5.01. The summed E-state index contributed by atoms with van der Waals surface area (Å²) in [6.07, 6.45) is 1.91. The van der Waals surface area contributed by atoms with Crippen LogP contribution in [-0.2, 0) is 29.1 Å². The molecule has 1 heterocycles. The van der Waals surface area contributed by atoms with Crippen LogP contribution in [-0.4, -0.2) is 22.8 Å². The van der Waals surface area contributed by atoms with Gasteiger partial charge in [0.25, 0.3) is 0 Å². The summed E-state index contributed by atoms with van der Waals surface area (Å²) in [5.74, 6) is -0.416. The van der Waals surface area contributed by atoms with Crippen molar-refractivity contribution in [3.63, 3.8) is 0 Å². The highest BCUT2D eigenvalue weighted by Gasteiger charge is 2.31. The van der Waals surface area contributed by atoms with E-state index in [1.54, 1.807) is 49.3 Å². The van der Waals surface area contributed by atoms with Crippen LogP contribution in [0.2, 0.25) is 0 Å². The largest absolute Gasteiger partial charge is 0.467 e. The van der Waals surface area contributed by atoms with Crippen molar-refractivity contribution in [3.8, 4) is 0 Å². The lowest BCUT2D eigenvalue weighted by atomic mass is 10.0. The topological polar surface area (TPSA) is 62.6 Å². The first-order valence-corrected chi connectivity index (χ1v) is 10.3. The molecule has 0 saturated carbocycles. The Balaban J connectivity index is 1.89. The molecule has 0 fully saturated rings. The molecule has 0 aliphatic rings. The van der Waals surface area contributed by atoms with Gasteiger partial charge in [0.15, 0.2) is 0 Å². The molecule has 1 aromatic heterocycles. The molecule has 0 aliphatic heterocycles. The predicted octanol–water partition coefficient (Wildman–Crippen LogP) is 4.33. The summed E-state index contributed by atoms with van der Waals surface area (Å²) >= 11 is 0. The summed E-state index contributed by atoms with van der Waals surface area (Å²) in [6.45, 7) is 4.06. The molecular weight excluding hydrogens is 395 g/mol. The minimum Gasteiger partial charge on any atom is -0.467 e. The van der Waals surface area contributed by atoms with Gasteiger partial charge in [-0.3, -0.25) is 9.59 Å². The molecule has 1 atom stereocenters. The van der Waals surface area contributed by atoms with Crippen molar-refractivity contribution in [3.05, 3.63) is 95.7 Å². The van der Waals surface area contributed by atoms with Crippen molar-refractivity contribution in [2.24, 2.45) is 5.92 Å². The zero-order valence-electron chi connectivity index (χ0n) is 17.8. The van der Waals surface area contributed by atoms with Crippen LogP contribution in [0.5, 0.6) is 0 Å². The molecule has 2 aromatic carbocycles. The van der Waals surface area contributed by atoms with Gasteiger partial charge in [-0.25, -0.2) is 4.39 Å². The molecule has 0 bridgehead atoms. The van der Waals surface area contributed by atoms with E-state index in [1.165, 1.54) is 12.1 Å². The summed E-state index contributed by atoms with van der Waals surface area (Å²) in [7, 11) is 0. The molecule has 0 saturated heterocycles. The molecule has 0 aliphatic carbocycles. The quantitative estimate of drug-likeness (QED) is 0.558. The van der Waals surface area contributed by atoms with E-state index in [1.807, 2.05) is 30.3 Å². The van der Waals surface area contributed by atoms with Gasteiger partial charge < -0.3 is 14.6 Å². The molecule has 162 valence electrons. The second-order valence-electron chi connectivity index (χ2n) is 7.75. The van der Waals surface area contributed by atoms with Gasteiger partial charge in [-0.15, -0.1) is 0 Å². The Kier molecular flexibility index (Phi) is 7.60. The molecule has 0 spiro atoms. The monoisotopic (exact) mass is 422 g/mol. The Morgan fingerprint density at radius 2 is 1.68 bits per heavy atom. The number of hydrogen-bond acceptors (Lipinski definition) is 3. The number of nitrogens with zero attached hydrogens (tertiary/aromatic N) is 1. The molecule has 6 heteroatoms. The minimum atomic E-state index is -0.725. The Bertz CT molecular complexity index is 970. The van der Waals surface area contributed by atoms with E-state index in [9.17, 15) is 14.0 Å². The molecule has 31 heavy (non-hydrogen) atoms. The Morgan fingerprint density at radius 3 is 2.29 bits per heavy atom. The second kappa shape index (κ2) is 10.6. The van der Waals surface area contributed by atoms with Gasteiger partial charge in [-0.05, 0) is 35.4 Å². The maximum Gasteiger partial charge on any atom is 0.243 e. The van der Waals surface area contributed by atoms with E-state index >= 15 is 0 Å². The summed E-state index contributed by atoms with van der Waals surface area (Å²) in [5, 5.41) is 2.89. The van der Waals surface area contributed by atoms with Crippen LogP contribution in [0, 0.1) is 11.7 Å². The first-order chi connectivity index (χ1) is 14.9. The summed E-state index contributed by atoms with van der Waals surface area (Å²) in [6, 6.07) is 18.4. The number of carbonyl (C=O) groups excluding carboxylic acids is 2. The van der Waals surface area contributed by atoms with Gasteiger partial charge >= 0.3 is 0 Å². The smallest absolute Gasteiger partial charge is 0.243 e.